The lowest BCUT2D eigenvalue weighted by Crippen LogP contribution is -2.50. The molecule has 0 aromatic carbocycles. The molecule has 0 aromatic heterocycles. The molecular formula is C12H25N3OS. The minimum atomic E-state index is -0.307. The number of rotatable bonds is 5. The average Bonchev–Trinajstić information content (AvgIpc) is 2.35. The number of amides is 1. The number of hydrogen-bond donors (Lipinski definition) is 1. The number of likely N-dealkylation sites (tertiary alicyclic amines) is 1. The van der Waals surface area contributed by atoms with Crippen molar-refractivity contribution in [2.45, 2.75) is 31.3 Å². The first-order valence-electron chi connectivity index (χ1n) is 6.26. The summed E-state index contributed by atoms with van der Waals surface area (Å²) in [7, 11) is 4.21. The van der Waals surface area contributed by atoms with Gasteiger partial charge in [-0.05, 0) is 45.4 Å². The normalized spacial score (nSPS) is 19.7. The molecule has 1 amide bonds. The maximum atomic E-state index is 12.1. The molecular weight excluding hydrogens is 234 g/mol. The van der Waals surface area contributed by atoms with Crippen LogP contribution in [0.3, 0.4) is 0 Å². The molecule has 0 aliphatic carbocycles. The van der Waals surface area contributed by atoms with Crippen LogP contribution in [0.15, 0.2) is 0 Å². The van der Waals surface area contributed by atoms with Crippen molar-refractivity contribution in [3.63, 3.8) is 0 Å². The quantitative estimate of drug-likeness (QED) is 0.786. The van der Waals surface area contributed by atoms with Crippen LogP contribution < -0.4 is 5.73 Å². The molecule has 17 heavy (non-hydrogen) atoms. The Morgan fingerprint density at radius 1 is 1.47 bits per heavy atom. The molecule has 0 bridgehead atoms. The number of thioether (sulfide) groups is 1. The summed E-state index contributed by atoms with van der Waals surface area (Å²) < 4.78 is 0. The molecule has 0 aromatic rings. The summed E-state index contributed by atoms with van der Waals surface area (Å²) in [5, 5.41) is 0. The first-order valence-corrected chi connectivity index (χ1v) is 7.65. The SMILES string of the molecule is CSCC[C@H](N)C(=O)N1CCC(N(C)C)CC1. The minimum Gasteiger partial charge on any atom is -0.341 e. The zero-order valence-electron chi connectivity index (χ0n) is 11.2. The maximum absolute atomic E-state index is 12.1. The van der Waals surface area contributed by atoms with Gasteiger partial charge in [0.2, 0.25) is 5.91 Å². The van der Waals surface area contributed by atoms with Crippen molar-refractivity contribution < 1.29 is 4.79 Å². The molecule has 1 heterocycles. The Labute approximate surface area is 109 Å². The first kappa shape index (κ1) is 14.8. The third kappa shape index (κ3) is 4.48. The summed E-state index contributed by atoms with van der Waals surface area (Å²) in [6.07, 6.45) is 4.95. The number of nitrogens with zero attached hydrogens (tertiary/aromatic N) is 2. The van der Waals surface area contributed by atoms with Crippen molar-refractivity contribution >= 4 is 17.7 Å². The first-order chi connectivity index (χ1) is 8.06. The fourth-order valence-corrected chi connectivity index (χ4v) is 2.70. The lowest BCUT2D eigenvalue weighted by molar-refractivity contribution is -0.134. The second kappa shape index (κ2) is 7.24. The Kier molecular flexibility index (Phi) is 6.30. The van der Waals surface area contributed by atoms with E-state index in [2.05, 4.69) is 19.0 Å². The number of piperidine rings is 1. The molecule has 1 saturated heterocycles. The van der Waals surface area contributed by atoms with E-state index in [1.54, 1.807) is 11.8 Å². The van der Waals surface area contributed by atoms with Gasteiger partial charge in [0.1, 0.15) is 0 Å². The molecule has 2 N–H and O–H groups in total. The van der Waals surface area contributed by atoms with Crippen LogP contribution in [0, 0.1) is 0 Å². The minimum absolute atomic E-state index is 0.135. The van der Waals surface area contributed by atoms with E-state index >= 15 is 0 Å². The maximum Gasteiger partial charge on any atom is 0.239 e. The summed E-state index contributed by atoms with van der Waals surface area (Å²) in [5.74, 6) is 1.09. The van der Waals surface area contributed by atoms with E-state index in [4.69, 9.17) is 5.73 Å². The van der Waals surface area contributed by atoms with Gasteiger partial charge in [0.05, 0.1) is 6.04 Å². The van der Waals surface area contributed by atoms with Crippen LogP contribution in [0.4, 0.5) is 0 Å². The zero-order chi connectivity index (χ0) is 12.8. The second-order valence-corrected chi connectivity index (χ2v) is 5.89. The van der Waals surface area contributed by atoms with E-state index in [-0.39, 0.29) is 11.9 Å². The van der Waals surface area contributed by atoms with E-state index in [0.717, 1.165) is 38.1 Å². The van der Waals surface area contributed by atoms with Gasteiger partial charge < -0.3 is 15.5 Å². The van der Waals surface area contributed by atoms with Gasteiger partial charge in [-0.1, -0.05) is 0 Å². The summed E-state index contributed by atoms with van der Waals surface area (Å²) in [6, 6.07) is 0.305. The van der Waals surface area contributed by atoms with Crippen LogP contribution in [-0.4, -0.2) is 67.0 Å². The topological polar surface area (TPSA) is 49.6 Å². The molecule has 0 radical (unpaired) electrons. The third-order valence-electron chi connectivity index (χ3n) is 3.46. The highest BCUT2D eigenvalue weighted by Gasteiger charge is 2.26. The fraction of sp³-hybridized carbons (Fsp3) is 0.917. The standard InChI is InChI=1S/C12H25N3OS/c1-14(2)10-4-7-15(8-5-10)12(16)11(13)6-9-17-3/h10-11H,4-9,13H2,1-3H3/t11-/m0/s1. The summed E-state index contributed by atoms with van der Waals surface area (Å²) in [4.78, 5) is 16.2. The van der Waals surface area contributed by atoms with E-state index in [1.807, 2.05) is 11.2 Å². The molecule has 100 valence electrons. The van der Waals surface area contributed by atoms with E-state index in [1.165, 1.54) is 0 Å². The van der Waals surface area contributed by atoms with Crippen molar-refractivity contribution in [3.05, 3.63) is 0 Å². The smallest absolute Gasteiger partial charge is 0.239 e. The van der Waals surface area contributed by atoms with Crippen molar-refractivity contribution in [1.29, 1.82) is 0 Å². The van der Waals surface area contributed by atoms with Crippen molar-refractivity contribution in [2.75, 3.05) is 39.2 Å². The summed E-state index contributed by atoms with van der Waals surface area (Å²) >= 11 is 1.74. The number of nitrogens with two attached hydrogens (primary N) is 1. The van der Waals surface area contributed by atoms with Gasteiger partial charge in [-0.15, -0.1) is 0 Å². The Bertz CT molecular complexity index is 240. The summed E-state index contributed by atoms with van der Waals surface area (Å²) in [5.41, 5.74) is 5.91. The van der Waals surface area contributed by atoms with Crippen LogP contribution in [-0.2, 0) is 4.79 Å². The van der Waals surface area contributed by atoms with Gasteiger partial charge in [0.15, 0.2) is 0 Å². The van der Waals surface area contributed by atoms with Gasteiger partial charge >= 0.3 is 0 Å². The molecule has 1 atom stereocenters. The zero-order valence-corrected chi connectivity index (χ0v) is 12.0. The van der Waals surface area contributed by atoms with E-state index < -0.39 is 0 Å². The molecule has 4 nitrogen and oxygen atoms in total. The molecule has 0 spiro atoms. The van der Waals surface area contributed by atoms with Gasteiger partial charge in [-0.25, -0.2) is 0 Å². The van der Waals surface area contributed by atoms with Crippen molar-refractivity contribution in [2.24, 2.45) is 5.73 Å². The second-order valence-electron chi connectivity index (χ2n) is 4.91. The third-order valence-corrected chi connectivity index (χ3v) is 4.10. The van der Waals surface area contributed by atoms with Gasteiger partial charge in [-0.3, -0.25) is 4.79 Å². The van der Waals surface area contributed by atoms with Crippen LogP contribution in [0.2, 0.25) is 0 Å². The van der Waals surface area contributed by atoms with Crippen molar-refractivity contribution in [1.82, 2.24) is 9.80 Å². The number of hydrogen-bond acceptors (Lipinski definition) is 4. The predicted octanol–water partition coefficient (Wildman–Crippen LogP) is 0.619. The molecule has 1 rings (SSSR count). The Morgan fingerprint density at radius 3 is 2.53 bits per heavy atom. The van der Waals surface area contributed by atoms with Crippen LogP contribution in [0.1, 0.15) is 19.3 Å². The highest BCUT2D eigenvalue weighted by molar-refractivity contribution is 7.98. The highest BCUT2D eigenvalue weighted by Crippen LogP contribution is 2.15. The molecule has 1 aliphatic heterocycles. The monoisotopic (exact) mass is 259 g/mol. The predicted molar refractivity (Wildman–Crippen MR) is 74.3 cm³/mol. The average molecular weight is 259 g/mol. The Morgan fingerprint density at radius 2 is 2.06 bits per heavy atom. The van der Waals surface area contributed by atoms with Crippen LogP contribution >= 0.6 is 11.8 Å². The number of carbonyl (C=O) groups excluding carboxylic acids is 1. The Balaban J connectivity index is 2.35. The van der Waals surface area contributed by atoms with E-state index in [0.29, 0.717) is 6.04 Å². The van der Waals surface area contributed by atoms with E-state index in [9.17, 15) is 4.79 Å². The molecule has 5 heteroatoms. The lowest BCUT2D eigenvalue weighted by atomic mass is 10.0. The Hall–Kier alpha value is -0.260. The molecule has 1 aliphatic rings. The largest absolute Gasteiger partial charge is 0.341 e. The fourth-order valence-electron chi connectivity index (χ4n) is 2.21. The van der Waals surface area contributed by atoms with Gasteiger partial charge in [-0.2, -0.15) is 11.8 Å². The number of carbonyl (C=O) groups is 1. The molecule has 1 fully saturated rings. The molecule has 0 saturated carbocycles. The van der Waals surface area contributed by atoms with Gasteiger partial charge in [0, 0.05) is 19.1 Å². The summed E-state index contributed by atoms with van der Waals surface area (Å²) in [6.45, 7) is 1.71. The van der Waals surface area contributed by atoms with Gasteiger partial charge in [0.25, 0.3) is 0 Å². The van der Waals surface area contributed by atoms with Crippen LogP contribution in [0.25, 0.3) is 0 Å². The van der Waals surface area contributed by atoms with Crippen LogP contribution in [0.5, 0.6) is 0 Å². The highest BCUT2D eigenvalue weighted by atomic mass is 32.2. The lowest BCUT2D eigenvalue weighted by Gasteiger charge is -2.36. The van der Waals surface area contributed by atoms with Crippen molar-refractivity contribution in [3.8, 4) is 0 Å². The molecule has 0 unspecified atom stereocenters.